The van der Waals surface area contributed by atoms with E-state index in [-0.39, 0.29) is 24.6 Å². The van der Waals surface area contributed by atoms with Crippen molar-refractivity contribution in [3.05, 3.63) is 113 Å². The van der Waals surface area contributed by atoms with Crippen LogP contribution in [0.3, 0.4) is 0 Å². The fourth-order valence-electron chi connectivity index (χ4n) is 4.35. The molecule has 0 spiro atoms. The van der Waals surface area contributed by atoms with E-state index < -0.39 is 12.0 Å². The number of aromatic nitrogens is 1. The summed E-state index contributed by atoms with van der Waals surface area (Å²) < 4.78 is 32.3. The maximum Gasteiger partial charge on any atom is 0.338 e. The molecule has 0 unspecified atom stereocenters. The van der Waals surface area contributed by atoms with Crippen LogP contribution in [0, 0.1) is 5.82 Å². The number of carbonyl (C=O) groups excluding carboxylic acids is 1. The second-order valence-electron chi connectivity index (χ2n) is 8.61. The molecule has 1 atom stereocenters. The fourth-order valence-corrected chi connectivity index (χ4v) is 6.21. The largest absolute Gasteiger partial charge is 0.493 e. The average molecular weight is 565 g/mol. The van der Waals surface area contributed by atoms with Crippen molar-refractivity contribution in [2.45, 2.75) is 26.5 Å². The summed E-state index contributed by atoms with van der Waals surface area (Å²) in [7, 11) is 1.54. The molecule has 0 fully saturated rings. The Balaban J connectivity index is 1.61. The summed E-state index contributed by atoms with van der Waals surface area (Å²) >= 11 is 2.70. The van der Waals surface area contributed by atoms with Crippen molar-refractivity contribution < 1.29 is 23.4 Å². The Morgan fingerprint density at radius 2 is 1.95 bits per heavy atom. The Morgan fingerprint density at radius 1 is 1.15 bits per heavy atom. The van der Waals surface area contributed by atoms with Gasteiger partial charge in [-0.3, -0.25) is 9.36 Å². The molecule has 1 aliphatic heterocycles. The number of methoxy groups -OCH3 is 1. The van der Waals surface area contributed by atoms with Crippen LogP contribution < -0.4 is 24.4 Å². The minimum absolute atomic E-state index is 0.184. The number of para-hydroxylation sites is 1. The van der Waals surface area contributed by atoms with Gasteiger partial charge in [-0.05, 0) is 55.1 Å². The van der Waals surface area contributed by atoms with Gasteiger partial charge in [0.25, 0.3) is 5.56 Å². The third-order valence-electron chi connectivity index (χ3n) is 6.14. The molecule has 39 heavy (non-hydrogen) atoms. The summed E-state index contributed by atoms with van der Waals surface area (Å²) in [5, 5.41) is 1.91. The van der Waals surface area contributed by atoms with Crippen LogP contribution in [0.5, 0.6) is 11.5 Å². The Hall–Kier alpha value is -4.02. The van der Waals surface area contributed by atoms with E-state index in [1.54, 1.807) is 49.8 Å². The smallest absolute Gasteiger partial charge is 0.338 e. The van der Waals surface area contributed by atoms with Crippen LogP contribution in [0.15, 0.2) is 81.0 Å². The third kappa shape index (κ3) is 5.30. The van der Waals surface area contributed by atoms with E-state index in [9.17, 15) is 14.0 Å². The number of benzene rings is 2. The summed E-state index contributed by atoms with van der Waals surface area (Å²) in [6, 6.07) is 14.6. The maximum atomic E-state index is 13.8. The number of esters is 1. The first-order chi connectivity index (χ1) is 18.9. The minimum atomic E-state index is -0.637. The summed E-state index contributed by atoms with van der Waals surface area (Å²) in [4.78, 5) is 32.7. The fraction of sp³-hybridized carbons (Fsp3) is 0.207. The van der Waals surface area contributed by atoms with Gasteiger partial charge in [-0.2, -0.15) is 0 Å². The first-order valence-electron chi connectivity index (χ1n) is 12.2. The molecular weight excluding hydrogens is 539 g/mol. The lowest BCUT2D eigenvalue weighted by molar-refractivity contribution is -0.139. The SMILES string of the molecule is CCOC(=O)C1=C(C)N=c2s/c(=C\c3cccc(OC)c3OCc3ccc(F)cc3)c(=O)n2[C@H]1c1cccs1. The molecule has 0 saturated heterocycles. The average Bonchev–Trinajstić information content (AvgIpc) is 3.56. The van der Waals surface area contributed by atoms with Gasteiger partial charge >= 0.3 is 5.97 Å². The van der Waals surface area contributed by atoms with E-state index in [2.05, 4.69) is 4.99 Å². The molecule has 1 aliphatic rings. The number of carbonyl (C=O) groups is 1. The van der Waals surface area contributed by atoms with Gasteiger partial charge in [0.2, 0.25) is 0 Å². The van der Waals surface area contributed by atoms with E-state index in [1.807, 2.05) is 29.6 Å². The molecule has 7 nitrogen and oxygen atoms in total. The standard InChI is InChI=1S/C29H25FN2O5S2/c1-4-36-28(34)24-17(2)31-29-32(25(24)22-9-6-14-38-22)27(33)23(39-29)15-19-7-5-8-21(35-3)26(19)37-16-18-10-12-20(30)13-11-18/h5-15,25H,4,16H2,1-3H3/b23-15-/t25-/m0/s1. The molecule has 3 heterocycles. The van der Waals surface area contributed by atoms with Crippen LogP contribution in [-0.4, -0.2) is 24.3 Å². The zero-order chi connectivity index (χ0) is 27.5. The number of hydrogen-bond donors (Lipinski definition) is 0. The van der Waals surface area contributed by atoms with Crippen molar-refractivity contribution >= 4 is 34.7 Å². The lowest BCUT2D eigenvalue weighted by Gasteiger charge is -2.23. The van der Waals surface area contributed by atoms with E-state index in [0.29, 0.717) is 37.7 Å². The summed E-state index contributed by atoms with van der Waals surface area (Å²) in [5.41, 5.74) is 2.01. The van der Waals surface area contributed by atoms with Crippen LogP contribution in [-0.2, 0) is 16.1 Å². The zero-order valence-electron chi connectivity index (χ0n) is 21.5. The number of ether oxygens (including phenoxy) is 3. The molecule has 0 aliphatic carbocycles. The lowest BCUT2D eigenvalue weighted by atomic mass is 10.0. The van der Waals surface area contributed by atoms with E-state index >= 15 is 0 Å². The zero-order valence-corrected chi connectivity index (χ0v) is 23.1. The van der Waals surface area contributed by atoms with Crippen LogP contribution in [0.1, 0.15) is 35.9 Å². The highest BCUT2D eigenvalue weighted by molar-refractivity contribution is 7.10. The molecule has 4 aromatic rings. The molecule has 2 aromatic heterocycles. The van der Waals surface area contributed by atoms with Gasteiger partial charge in [-0.1, -0.05) is 41.7 Å². The number of thiazole rings is 1. The van der Waals surface area contributed by atoms with Gasteiger partial charge in [0, 0.05) is 10.4 Å². The molecule has 0 bridgehead atoms. The van der Waals surface area contributed by atoms with Crippen molar-refractivity contribution in [2.75, 3.05) is 13.7 Å². The summed E-state index contributed by atoms with van der Waals surface area (Å²) in [6.07, 6.45) is 1.74. The Morgan fingerprint density at radius 3 is 2.64 bits per heavy atom. The highest BCUT2D eigenvalue weighted by Gasteiger charge is 2.33. The molecule has 0 N–H and O–H groups in total. The number of nitrogens with zero attached hydrogens (tertiary/aromatic N) is 2. The van der Waals surface area contributed by atoms with Crippen LogP contribution >= 0.6 is 22.7 Å². The number of halogens is 1. The highest BCUT2D eigenvalue weighted by Crippen LogP contribution is 2.34. The highest BCUT2D eigenvalue weighted by atomic mass is 32.1. The Labute approximate surface area is 231 Å². The molecule has 2 aromatic carbocycles. The van der Waals surface area contributed by atoms with Crippen LogP contribution in [0.4, 0.5) is 4.39 Å². The Kier molecular flexibility index (Phi) is 7.76. The van der Waals surface area contributed by atoms with Crippen molar-refractivity contribution in [1.29, 1.82) is 0 Å². The van der Waals surface area contributed by atoms with Crippen molar-refractivity contribution in [2.24, 2.45) is 4.99 Å². The number of allylic oxidation sites excluding steroid dienone is 1. The number of fused-ring (bicyclic) bond motifs is 1. The summed E-state index contributed by atoms with van der Waals surface area (Å²) in [6.45, 7) is 3.90. The lowest BCUT2D eigenvalue weighted by Crippen LogP contribution is -2.39. The van der Waals surface area contributed by atoms with Gasteiger partial charge in [-0.15, -0.1) is 11.3 Å². The first-order valence-corrected chi connectivity index (χ1v) is 13.9. The van der Waals surface area contributed by atoms with E-state index in [4.69, 9.17) is 14.2 Å². The monoisotopic (exact) mass is 564 g/mol. The second kappa shape index (κ2) is 11.4. The van der Waals surface area contributed by atoms with Gasteiger partial charge in [0.05, 0.1) is 29.5 Å². The van der Waals surface area contributed by atoms with Gasteiger partial charge in [0.1, 0.15) is 18.5 Å². The van der Waals surface area contributed by atoms with Crippen LogP contribution in [0.25, 0.3) is 6.08 Å². The Bertz CT molecular complexity index is 1720. The molecule has 0 saturated carbocycles. The minimum Gasteiger partial charge on any atom is -0.493 e. The summed E-state index contributed by atoms with van der Waals surface area (Å²) in [5.74, 6) is 0.133. The first kappa shape index (κ1) is 26.6. The molecule has 10 heteroatoms. The van der Waals surface area contributed by atoms with E-state index in [1.165, 1.54) is 34.8 Å². The van der Waals surface area contributed by atoms with Crippen molar-refractivity contribution in [3.8, 4) is 11.5 Å². The second-order valence-corrected chi connectivity index (χ2v) is 10.6. The molecule has 200 valence electrons. The van der Waals surface area contributed by atoms with Crippen LogP contribution in [0.2, 0.25) is 0 Å². The molecule has 0 radical (unpaired) electrons. The van der Waals surface area contributed by atoms with Crippen molar-refractivity contribution in [3.63, 3.8) is 0 Å². The normalized spacial score (nSPS) is 15.1. The number of hydrogen-bond acceptors (Lipinski definition) is 8. The van der Waals surface area contributed by atoms with E-state index in [0.717, 1.165) is 10.4 Å². The number of rotatable bonds is 8. The predicted octanol–water partition coefficient (Wildman–Crippen LogP) is 4.59. The third-order valence-corrected chi connectivity index (χ3v) is 8.05. The molecule has 5 rings (SSSR count). The van der Waals surface area contributed by atoms with Gasteiger partial charge in [-0.25, -0.2) is 14.2 Å². The quantitative estimate of drug-likeness (QED) is 0.293. The molecular formula is C29H25FN2O5S2. The predicted molar refractivity (Wildman–Crippen MR) is 148 cm³/mol. The topological polar surface area (TPSA) is 79.1 Å². The number of thiophene rings is 1. The maximum absolute atomic E-state index is 13.8. The van der Waals surface area contributed by atoms with Gasteiger partial charge in [0.15, 0.2) is 16.3 Å². The molecule has 0 amide bonds. The van der Waals surface area contributed by atoms with Crippen molar-refractivity contribution in [1.82, 2.24) is 4.57 Å². The van der Waals surface area contributed by atoms with Gasteiger partial charge < -0.3 is 14.2 Å².